The molecule has 1 saturated carbocycles. The average Bonchev–Trinajstić information content (AvgIpc) is 3.94. The first-order chi connectivity index (χ1) is 22.5. The number of piperidine rings is 1. The van der Waals surface area contributed by atoms with Crippen molar-refractivity contribution < 1.29 is 4.74 Å². The van der Waals surface area contributed by atoms with Crippen LogP contribution in [0.5, 0.6) is 5.75 Å². The molecule has 12 heteroatoms. The largest absolute Gasteiger partial charge is 0.494 e. The fraction of sp³-hybridized carbons (Fsp3) is 0.471. The van der Waals surface area contributed by atoms with Crippen LogP contribution in [-0.4, -0.2) is 103 Å². The fourth-order valence-electron chi connectivity index (χ4n) is 6.79. The minimum Gasteiger partial charge on any atom is -0.494 e. The van der Waals surface area contributed by atoms with Gasteiger partial charge in [0.2, 0.25) is 5.95 Å². The Balaban J connectivity index is 1.10. The molecule has 3 fully saturated rings. The van der Waals surface area contributed by atoms with E-state index in [0.717, 1.165) is 46.9 Å². The van der Waals surface area contributed by atoms with E-state index in [1.807, 2.05) is 31.5 Å². The lowest BCUT2D eigenvalue weighted by Gasteiger charge is -2.43. The minimum absolute atomic E-state index is 0.506. The van der Waals surface area contributed by atoms with Crippen molar-refractivity contribution in [2.75, 3.05) is 86.6 Å². The van der Waals surface area contributed by atoms with Crippen LogP contribution >= 0.6 is 11.9 Å². The molecular formula is C34H44N10OS. The molecule has 0 spiro atoms. The number of nitrogens with one attached hydrogen (secondary N) is 2. The molecule has 0 unspecified atom stereocenters. The molecule has 46 heavy (non-hydrogen) atoms. The van der Waals surface area contributed by atoms with Crippen molar-refractivity contribution in [3.05, 3.63) is 54.5 Å². The Morgan fingerprint density at radius 1 is 0.870 bits per heavy atom. The van der Waals surface area contributed by atoms with Gasteiger partial charge in [-0.15, -0.1) is 0 Å². The first kappa shape index (κ1) is 30.8. The van der Waals surface area contributed by atoms with Gasteiger partial charge in [0.05, 0.1) is 29.7 Å². The van der Waals surface area contributed by atoms with Crippen molar-refractivity contribution in [2.45, 2.75) is 37.6 Å². The summed E-state index contributed by atoms with van der Waals surface area (Å²) in [6.07, 6.45) is 12.1. The molecule has 2 aliphatic heterocycles. The summed E-state index contributed by atoms with van der Waals surface area (Å²) in [6, 6.07) is 11.1. The fourth-order valence-corrected chi connectivity index (χ4v) is 7.15. The van der Waals surface area contributed by atoms with Gasteiger partial charge in [0, 0.05) is 89.0 Å². The first-order valence-electron chi connectivity index (χ1n) is 16.3. The molecule has 2 saturated heterocycles. The predicted molar refractivity (Wildman–Crippen MR) is 189 cm³/mol. The molecule has 242 valence electrons. The zero-order valence-electron chi connectivity index (χ0n) is 27.2. The minimum atomic E-state index is 0.506. The summed E-state index contributed by atoms with van der Waals surface area (Å²) >= 11 is 1.61. The monoisotopic (exact) mass is 640 g/mol. The maximum Gasteiger partial charge on any atom is 0.229 e. The Bertz CT molecular complexity index is 1670. The number of likely N-dealkylation sites (N-methyl/N-ethyl adjacent to an activating group) is 1. The third kappa shape index (κ3) is 6.51. The van der Waals surface area contributed by atoms with Gasteiger partial charge in [-0.05, 0) is 68.5 Å². The maximum atomic E-state index is 5.96. The number of nitrogens with zero attached hydrogens (tertiary/aromatic N) is 8. The SMILES string of the molecule is COc1cc(N2CCC(N3CCN(C)CC3)CC2)c(C2CC2)cc1Nc1nccc(Nc2ccc3nccnc3c2N(C)SC)n1. The molecule has 0 bridgehead atoms. The van der Waals surface area contributed by atoms with Crippen LogP contribution in [0.2, 0.25) is 0 Å². The number of methoxy groups -OCH3 is 1. The lowest BCUT2D eigenvalue weighted by atomic mass is 9.99. The van der Waals surface area contributed by atoms with Crippen LogP contribution in [0.1, 0.15) is 37.2 Å². The number of rotatable bonds is 10. The van der Waals surface area contributed by atoms with Crippen molar-refractivity contribution >= 4 is 57.5 Å². The quantitative estimate of drug-likeness (QED) is 0.208. The number of piperazine rings is 1. The molecule has 0 radical (unpaired) electrons. The molecule has 2 aromatic heterocycles. The summed E-state index contributed by atoms with van der Waals surface area (Å²) in [6.45, 7) is 6.89. The van der Waals surface area contributed by atoms with Gasteiger partial charge < -0.3 is 29.5 Å². The van der Waals surface area contributed by atoms with E-state index < -0.39 is 0 Å². The molecule has 0 amide bonds. The molecule has 7 rings (SSSR count). The van der Waals surface area contributed by atoms with Crippen LogP contribution < -0.4 is 24.6 Å². The third-order valence-corrected chi connectivity index (χ3v) is 10.3. The van der Waals surface area contributed by atoms with Crippen molar-refractivity contribution in [1.82, 2.24) is 29.7 Å². The summed E-state index contributed by atoms with van der Waals surface area (Å²) in [5.41, 5.74) is 7.13. The first-order valence-corrected chi connectivity index (χ1v) is 17.5. The zero-order chi connectivity index (χ0) is 31.6. The van der Waals surface area contributed by atoms with Gasteiger partial charge in [-0.1, -0.05) is 11.9 Å². The van der Waals surface area contributed by atoms with Gasteiger partial charge in [0.1, 0.15) is 17.1 Å². The molecule has 11 nitrogen and oxygen atoms in total. The van der Waals surface area contributed by atoms with Crippen molar-refractivity contribution in [3.63, 3.8) is 0 Å². The van der Waals surface area contributed by atoms with Crippen molar-refractivity contribution in [1.29, 1.82) is 0 Å². The van der Waals surface area contributed by atoms with E-state index in [9.17, 15) is 0 Å². The second-order valence-electron chi connectivity index (χ2n) is 12.5. The predicted octanol–water partition coefficient (Wildman–Crippen LogP) is 5.72. The Morgan fingerprint density at radius 3 is 2.39 bits per heavy atom. The van der Waals surface area contributed by atoms with Crippen LogP contribution in [-0.2, 0) is 0 Å². The van der Waals surface area contributed by atoms with E-state index in [1.54, 1.807) is 37.6 Å². The Morgan fingerprint density at radius 2 is 1.65 bits per heavy atom. The van der Waals surface area contributed by atoms with E-state index in [0.29, 0.717) is 23.7 Å². The summed E-state index contributed by atoms with van der Waals surface area (Å²) in [5, 5.41) is 6.98. The molecule has 2 N–H and O–H groups in total. The number of fused-ring (bicyclic) bond motifs is 1. The number of anilines is 6. The molecule has 4 aromatic rings. The highest BCUT2D eigenvalue weighted by molar-refractivity contribution is 7.99. The summed E-state index contributed by atoms with van der Waals surface area (Å²) in [7, 11) is 6.00. The van der Waals surface area contributed by atoms with Gasteiger partial charge in [-0.25, -0.2) is 4.98 Å². The molecule has 0 atom stereocenters. The summed E-state index contributed by atoms with van der Waals surface area (Å²) < 4.78 is 8.04. The standard InChI is InChI=1S/C34H44N10OS/c1-41-17-19-43(20-18-41)24-10-15-44(16-11-24)29-22-30(45-3)28(21-25(29)23-5-6-23)39-34-37-12-9-31(40-34)38-27-8-7-26-32(36-14-13-35-26)33(27)42(2)46-4/h7-9,12-14,21-24H,5-6,10-11,15-20H2,1-4H3,(H2,37,38,39,40). The Kier molecular flexibility index (Phi) is 9.01. The van der Waals surface area contributed by atoms with E-state index in [-0.39, 0.29) is 0 Å². The van der Waals surface area contributed by atoms with Crippen LogP contribution in [0.15, 0.2) is 48.9 Å². The van der Waals surface area contributed by atoms with Gasteiger partial charge in [0.25, 0.3) is 0 Å². The lowest BCUT2D eigenvalue weighted by Crippen LogP contribution is -2.52. The molecule has 4 heterocycles. The van der Waals surface area contributed by atoms with E-state index >= 15 is 0 Å². The Labute approximate surface area is 275 Å². The lowest BCUT2D eigenvalue weighted by molar-refractivity contribution is 0.0982. The number of aromatic nitrogens is 4. The van der Waals surface area contributed by atoms with Crippen LogP contribution in [0.3, 0.4) is 0 Å². The van der Waals surface area contributed by atoms with Crippen LogP contribution in [0.25, 0.3) is 11.0 Å². The second kappa shape index (κ2) is 13.5. The van der Waals surface area contributed by atoms with Crippen molar-refractivity contribution in [3.8, 4) is 5.75 Å². The molecule has 3 aliphatic rings. The smallest absolute Gasteiger partial charge is 0.229 e. The van der Waals surface area contributed by atoms with Gasteiger partial charge >= 0.3 is 0 Å². The molecule has 2 aromatic carbocycles. The Hall–Kier alpha value is -3.87. The topological polar surface area (TPSA) is 97.8 Å². The van der Waals surface area contributed by atoms with Gasteiger partial charge in [-0.2, -0.15) is 4.98 Å². The van der Waals surface area contributed by atoms with Gasteiger partial charge in [0.15, 0.2) is 0 Å². The maximum absolute atomic E-state index is 5.96. The summed E-state index contributed by atoms with van der Waals surface area (Å²) in [4.78, 5) is 26.2. The molecule has 1 aliphatic carbocycles. The highest BCUT2D eigenvalue weighted by Gasteiger charge is 2.32. The van der Waals surface area contributed by atoms with E-state index in [2.05, 4.69) is 63.8 Å². The third-order valence-electron chi connectivity index (χ3n) is 9.59. The van der Waals surface area contributed by atoms with Crippen LogP contribution in [0, 0.1) is 0 Å². The van der Waals surface area contributed by atoms with Gasteiger partial charge in [-0.3, -0.25) is 14.9 Å². The zero-order valence-corrected chi connectivity index (χ0v) is 28.1. The number of benzene rings is 2. The normalized spacial score (nSPS) is 18.1. The molecular weight excluding hydrogens is 597 g/mol. The van der Waals surface area contributed by atoms with Crippen LogP contribution in [0.4, 0.5) is 34.5 Å². The van der Waals surface area contributed by atoms with E-state index in [4.69, 9.17) is 9.72 Å². The average molecular weight is 641 g/mol. The summed E-state index contributed by atoms with van der Waals surface area (Å²) in [5.74, 6) is 2.58. The number of hydrogen-bond donors (Lipinski definition) is 2. The second-order valence-corrected chi connectivity index (χ2v) is 13.4. The highest BCUT2D eigenvalue weighted by atomic mass is 32.2. The van der Waals surface area contributed by atoms with Crippen molar-refractivity contribution in [2.24, 2.45) is 0 Å². The highest BCUT2D eigenvalue weighted by Crippen LogP contribution is 2.48. The number of ether oxygens (including phenoxy) is 1. The van der Waals surface area contributed by atoms with E-state index in [1.165, 1.54) is 63.1 Å². The number of hydrogen-bond acceptors (Lipinski definition) is 12.